The van der Waals surface area contributed by atoms with Crippen molar-refractivity contribution in [1.82, 2.24) is 9.88 Å². The molecule has 1 saturated heterocycles. The number of hydrogen-bond donors (Lipinski definition) is 1. The van der Waals surface area contributed by atoms with E-state index in [9.17, 15) is 4.79 Å². The van der Waals surface area contributed by atoms with Gasteiger partial charge < -0.3 is 9.88 Å². The quantitative estimate of drug-likeness (QED) is 0.711. The Morgan fingerprint density at radius 1 is 1.17 bits per heavy atom. The number of hydrogen-bond acceptors (Lipinski definition) is 1. The number of aromatic amines is 1. The Kier molecular flexibility index (Phi) is 4.15. The van der Waals surface area contributed by atoms with E-state index in [0.29, 0.717) is 12.3 Å². The molecule has 2 aromatic carbocycles. The molecule has 4 rings (SSSR count). The number of carbonyl (C=O) groups is 1. The molecule has 0 saturated carbocycles. The summed E-state index contributed by atoms with van der Waals surface area (Å²) in [4.78, 5) is 17.9. The van der Waals surface area contributed by atoms with Gasteiger partial charge in [0.1, 0.15) is 0 Å². The molecule has 0 aliphatic carbocycles. The number of likely N-dealkylation sites (tertiary alicyclic amines) is 1. The second-order valence-corrected chi connectivity index (χ2v) is 7.33. The van der Waals surface area contributed by atoms with Gasteiger partial charge in [-0.2, -0.15) is 0 Å². The van der Waals surface area contributed by atoms with Crippen molar-refractivity contribution in [2.45, 2.75) is 18.8 Å². The van der Waals surface area contributed by atoms with E-state index in [-0.39, 0.29) is 5.91 Å². The van der Waals surface area contributed by atoms with E-state index in [1.54, 1.807) is 0 Å². The Morgan fingerprint density at radius 2 is 1.96 bits per heavy atom. The monoisotopic (exact) mass is 382 g/mol. The van der Waals surface area contributed by atoms with Gasteiger partial charge >= 0.3 is 0 Å². The van der Waals surface area contributed by atoms with Gasteiger partial charge in [-0.25, -0.2) is 0 Å². The SMILES string of the molecule is O=C(Cc1ccc(Br)cc1)N1CCC(c2c[nH]c3ccccc23)C1. The molecule has 1 atom stereocenters. The predicted molar refractivity (Wildman–Crippen MR) is 100 cm³/mol. The molecule has 1 aromatic heterocycles. The highest BCUT2D eigenvalue weighted by atomic mass is 79.9. The number of nitrogens with one attached hydrogen (secondary N) is 1. The molecule has 0 bridgehead atoms. The van der Waals surface area contributed by atoms with Crippen molar-refractivity contribution in [3.63, 3.8) is 0 Å². The van der Waals surface area contributed by atoms with E-state index in [0.717, 1.165) is 29.5 Å². The van der Waals surface area contributed by atoms with Gasteiger partial charge in [0.2, 0.25) is 5.91 Å². The maximum absolute atomic E-state index is 12.6. The lowest BCUT2D eigenvalue weighted by Crippen LogP contribution is -2.29. The fraction of sp³-hybridized carbons (Fsp3) is 0.250. The fourth-order valence-corrected chi connectivity index (χ4v) is 3.83. The van der Waals surface area contributed by atoms with Crippen LogP contribution in [0.3, 0.4) is 0 Å². The molecular formula is C20H19BrN2O. The average molecular weight is 383 g/mol. The zero-order chi connectivity index (χ0) is 16.5. The van der Waals surface area contributed by atoms with Gasteiger partial charge in [0.05, 0.1) is 6.42 Å². The second-order valence-electron chi connectivity index (χ2n) is 6.42. The van der Waals surface area contributed by atoms with E-state index in [1.165, 1.54) is 16.5 Å². The largest absolute Gasteiger partial charge is 0.361 e. The normalized spacial score (nSPS) is 17.5. The molecule has 24 heavy (non-hydrogen) atoms. The summed E-state index contributed by atoms with van der Waals surface area (Å²) in [6, 6.07) is 16.4. The molecule has 3 aromatic rings. The smallest absolute Gasteiger partial charge is 0.227 e. The van der Waals surface area contributed by atoms with Crippen LogP contribution in [0.15, 0.2) is 59.2 Å². The molecule has 0 radical (unpaired) electrons. The van der Waals surface area contributed by atoms with Crippen molar-refractivity contribution in [3.8, 4) is 0 Å². The van der Waals surface area contributed by atoms with Crippen molar-refractivity contribution in [1.29, 1.82) is 0 Å². The topological polar surface area (TPSA) is 36.1 Å². The molecule has 1 unspecified atom stereocenters. The molecular weight excluding hydrogens is 364 g/mol. The van der Waals surface area contributed by atoms with Crippen molar-refractivity contribution in [3.05, 3.63) is 70.3 Å². The van der Waals surface area contributed by atoms with Crippen LogP contribution >= 0.6 is 15.9 Å². The molecule has 1 fully saturated rings. The van der Waals surface area contributed by atoms with Crippen LogP contribution in [0.5, 0.6) is 0 Å². The summed E-state index contributed by atoms with van der Waals surface area (Å²) in [6.45, 7) is 1.66. The molecule has 1 N–H and O–H groups in total. The van der Waals surface area contributed by atoms with Gasteiger partial charge in [-0.1, -0.05) is 46.3 Å². The summed E-state index contributed by atoms with van der Waals surface area (Å²) in [5, 5.41) is 1.28. The number of rotatable bonds is 3. The summed E-state index contributed by atoms with van der Waals surface area (Å²) in [6.07, 6.45) is 3.62. The molecule has 1 aliphatic heterocycles. The number of halogens is 1. The summed E-state index contributed by atoms with van der Waals surface area (Å²) in [7, 11) is 0. The summed E-state index contributed by atoms with van der Waals surface area (Å²) < 4.78 is 1.04. The van der Waals surface area contributed by atoms with Crippen molar-refractivity contribution in [2.24, 2.45) is 0 Å². The van der Waals surface area contributed by atoms with Gasteiger partial charge in [0.15, 0.2) is 0 Å². The first-order valence-electron chi connectivity index (χ1n) is 8.29. The molecule has 1 amide bonds. The molecule has 3 nitrogen and oxygen atoms in total. The van der Waals surface area contributed by atoms with E-state index >= 15 is 0 Å². The first-order valence-corrected chi connectivity index (χ1v) is 9.08. The molecule has 4 heteroatoms. The van der Waals surface area contributed by atoms with E-state index in [2.05, 4.69) is 45.3 Å². The van der Waals surface area contributed by atoms with Crippen LogP contribution in [-0.4, -0.2) is 28.9 Å². The maximum Gasteiger partial charge on any atom is 0.227 e. The Labute approximate surface area is 149 Å². The molecule has 122 valence electrons. The Hall–Kier alpha value is -2.07. The van der Waals surface area contributed by atoms with Gasteiger partial charge in [-0.3, -0.25) is 4.79 Å². The number of carbonyl (C=O) groups excluding carboxylic acids is 1. The van der Waals surface area contributed by atoms with Crippen LogP contribution < -0.4 is 0 Å². The first kappa shape index (κ1) is 15.5. The van der Waals surface area contributed by atoms with Crippen molar-refractivity contribution >= 4 is 32.7 Å². The third kappa shape index (κ3) is 2.98. The number of benzene rings is 2. The summed E-state index contributed by atoms with van der Waals surface area (Å²) in [5.74, 6) is 0.648. The number of H-pyrrole nitrogens is 1. The Bertz CT molecular complexity index is 869. The van der Waals surface area contributed by atoms with Crippen LogP contribution in [0.4, 0.5) is 0 Å². The third-order valence-electron chi connectivity index (χ3n) is 4.87. The lowest BCUT2D eigenvalue weighted by molar-refractivity contribution is -0.129. The summed E-state index contributed by atoms with van der Waals surface area (Å²) in [5.41, 5.74) is 3.58. The first-order chi connectivity index (χ1) is 11.7. The van der Waals surface area contributed by atoms with E-state index in [4.69, 9.17) is 0 Å². The summed E-state index contributed by atoms with van der Waals surface area (Å²) >= 11 is 3.43. The number of nitrogens with zero attached hydrogens (tertiary/aromatic N) is 1. The zero-order valence-electron chi connectivity index (χ0n) is 13.3. The zero-order valence-corrected chi connectivity index (χ0v) is 14.9. The number of para-hydroxylation sites is 1. The lowest BCUT2D eigenvalue weighted by Gasteiger charge is -2.16. The van der Waals surface area contributed by atoms with Crippen LogP contribution in [0.2, 0.25) is 0 Å². The van der Waals surface area contributed by atoms with Crippen molar-refractivity contribution in [2.75, 3.05) is 13.1 Å². The van der Waals surface area contributed by atoms with Gasteiger partial charge in [0, 0.05) is 40.6 Å². The average Bonchev–Trinajstić information content (AvgIpc) is 3.23. The van der Waals surface area contributed by atoms with E-state index in [1.807, 2.05) is 35.2 Å². The molecule has 0 spiro atoms. The minimum atomic E-state index is 0.222. The van der Waals surface area contributed by atoms with Gasteiger partial charge in [-0.15, -0.1) is 0 Å². The lowest BCUT2D eigenvalue weighted by atomic mass is 9.98. The van der Waals surface area contributed by atoms with Crippen LogP contribution in [0, 0.1) is 0 Å². The highest BCUT2D eigenvalue weighted by Crippen LogP contribution is 2.32. The highest BCUT2D eigenvalue weighted by Gasteiger charge is 2.28. The minimum absolute atomic E-state index is 0.222. The number of aromatic nitrogens is 1. The second kappa shape index (κ2) is 6.44. The fourth-order valence-electron chi connectivity index (χ4n) is 3.56. The number of amides is 1. The van der Waals surface area contributed by atoms with Crippen LogP contribution in [-0.2, 0) is 11.2 Å². The minimum Gasteiger partial charge on any atom is -0.361 e. The number of fused-ring (bicyclic) bond motifs is 1. The maximum atomic E-state index is 12.6. The van der Waals surface area contributed by atoms with Gasteiger partial charge in [-0.05, 0) is 35.7 Å². The predicted octanol–water partition coefficient (Wildman–Crippen LogP) is 4.49. The van der Waals surface area contributed by atoms with E-state index < -0.39 is 0 Å². The molecule has 2 heterocycles. The van der Waals surface area contributed by atoms with Crippen LogP contribution in [0.1, 0.15) is 23.5 Å². The Balaban J connectivity index is 1.46. The van der Waals surface area contributed by atoms with Crippen LogP contribution in [0.25, 0.3) is 10.9 Å². The third-order valence-corrected chi connectivity index (χ3v) is 5.40. The van der Waals surface area contributed by atoms with Gasteiger partial charge in [0.25, 0.3) is 0 Å². The highest BCUT2D eigenvalue weighted by molar-refractivity contribution is 9.10. The Morgan fingerprint density at radius 3 is 2.79 bits per heavy atom. The standard InChI is InChI=1S/C20H19BrN2O/c21-16-7-5-14(6-8-16)11-20(24)23-10-9-15(13-23)18-12-22-19-4-2-1-3-17(18)19/h1-8,12,15,22H,9-11,13H2. The molecule has 1 aliphatic rings. The van der Waals surface area contributed by atoms with Crippen molar-refractivity contribution < 1.29 is 4.79 Å².